The third-order valence-electron chi connectivity index (χ3n) is 3.33. The fourth-order valence-electron chi connectivity index (χ4n) is 2.05. The second kappa shape index (κ2) is 8.53. The molecular weight excluding hydrogens is 268 g/mol. The second-order valence-electron chi connectivity index (χ2n) is 5.00. The Morgan fingerprint density at radius 1 is 1.10 bits per heavy atom. The van der Waals surface area contributed by atoms with Gasteiger partial charge in [-0.15, -0.1) is 0 Å². The van der Waals surface area contributed by atoms with E-state index in [0.29, 0.717) is 6.42 Å². The third-order valence-corrected chi connectivity index (χ3v) is 3.33. The SMILES string of the molecule is CCCCCCC(=O)OC1OC(CO)C(O)C(O)C1O. The van der Waals surface area contributed by atoms with Crippen molar-refractivity contribution >= 4 is 5.97 Å². The summed E-state index contributed by atoms with van der Waals surface area (Å²) in [4.78, 5) is 11.6. The first-order chi connectivity index (χ1) is 9.51. The molecule has 0 aliphatic carbocycles. The molecule has 0 aromatic rings. The zero-order valence-corrected chi connectivity index (χ0v) is 11.6. The van der Waals surface area contributed by atoms with Gasteiger partial charge < -0.3 is 29.9 Å². The number of aliphatic hydroxyl groups excluding tert-OH is 4. The van der Waals surface area contributed by atoms with Gasteiger partial charge in [0.1, 0.15) is 24.4 Å². The van der Waals surface area contributed by atoms with E-state index >= 15 is 0 Å². The summed E-state index contributed by atoms with van der Waals surface area (Å²) < 4.78 is 10.0. The zero-order chi connectivity index (χ0) is 15.1. The minimum absolute atomic E-state index is 0.203. The van der Waals surface area contributed by atoms with Crippen LogP contribution in [0.4, 0.5) is 0 Å². The summed E-state index contributed by atoms with van der Waals surface area (Å²) >= 11 is 0. The molecule has 1 aliphatic rings. The molecule has 0 radical (unpaired) electrons. The highest BCUT2D eigenvalue weighted by molar-refractivity contribution is 5.69. The predicted octanol–water partition coefficient (Wildman–Crippen LogP) is -0.700. The van der Waals surface area contributed by atoms with Crippen molar-refractivity contribution in [1.82, 2.24) is 0 Å². The van der Waals surface area contributed by atoms with Crippen LogP contribution in [-0.2, 0) is 14.3 Å². The van der Waals surface area contributed by atoms with E-state index in [2.05, 4.69) is 6.92 Å². The topological polar surface area (TPSA) is 116 Å². The minimum atomic E-state index is -1.53. The standard InChI is InChI=1S/C13H24O7/c1-2-3-4-5-6-9(15)20-13-12(18)11(17)10(16)8(7-14)19-13/h8,10-14,16-18H,2-7H2,1H3. The summed E-state index contributed by atoms with van der Waals surface area (Å²) in [7, 11) is 0. The number of esters is 1. The van der Waals surface area contributed by atoms with Crippen molar-refractivity contribution in [1.29, 1.82) is 0 Å². The van der Waals surface area contributed by atoms with E-state index in [4.69, 9.17) is 14.6 Å². The van der Waals surface area contributed by atoms with Crippen LogP contribution in [0.15, 0.2) is 0 Å². The molecule has 0 aromatic carbocycles. The molecule has 0 saturated carbocycles. The quantitative estimate of drug-likeness (QED) is 0.362. The molecule has 1 rings (SSSR count). The maximum atomic E-state index is 11.6. The summed E-state index contributed by atoms with van der Waals surface area (Å²) in [6.07, 6.45) is -3.05. The van der Waals surface area contributed by atoms with Crippen LogP contribution in [0, 0.1) is 0 Å². The second-order valence-corrected chi connectivity index (χ2v) is 5.00. The van der Waals surface area contributed by atoms with Crippen LogP contribution in [0.5, 0.6) is 0 Å². The fraction of sp³-hybridized carbons (Fsp3) is 0.923. The summed E-state index contributed by atoms with van der Waals surface area (Å²) in [5.74, 6) is -0.537. The lowest BCUT2D eigenvalue weighted by Crippen LogP contribution is -2.59. The molecule has 0 aromatic heterocycles. The van der Waals surface area contributed by atoms with Crippen molar-refractivity contribution in [3.8, 4) is 0 Å². The molecule has 1 aliphatic heterocycles. The summed E-state index contributed by atoms with van der Waals surface area (Å²) in [5.41, 5.74) is 0. The van der Waals surface area contributed by atoms with Crippen LogP contribution >= 0.6 is 0 Å². The van der Waals surface area contributed by atoms with E-state index in [1.165, 1.54) is 0 Å². The first kappa shape index (κ1) is 17.3. The highest BCUT2D eigenvalue weighted by Gasteiger charge is 2.45. The van der Waals surface area contributed by atoms with Crippen LogP contribution in [0.25, 0.3) is 0 Å². The highest BCUT2D eigenvalue weighted by atomic mass is 16.7. The average Bonchev–Trinajstić information content (AvgIpc) is 2.44. The number of carbonyl (C=O) groups excluding carboxylic acids is 1. The maximum absolute atomic E-state index is 11.6. The Labute approximate surface area is 118 Å². The van der Waals surface area contributed by atoms with Crippen LogP contribution < -0.4 is 0 Å². The van der Waals surface area contributed by atoms with Gasteiger partial charge in [0, 0.05) is 6.42 Å². The Kier molecular flexibility index (Phi) is 7.39. The molecule has 5 atom stereocenters. The molecule has 118 valence electrons. The molecular formula is C13H24O7. The molecule has 1 heterocycles. The average molecular weight is 292 g/mol. The number of hydrogen-bond acceptors (Lipinski definition) is 7. The lowest BCUT2D eigenvalue weighted by Gasteiger charge is -2.39. The number of carbonyl (C=O) groups is 1. The van der Waals surface area contributed by atoms with Crippen LogP contribution in [0.1, 0.15) is 39.0 Å². The molecule has 1 fully saturated rings. The monoisotopic (exact) mass is 292 g/mol. The van der Waals surface area contributed by atoms with Crippen LogP contribution in [-0.4, -0.2) is 63.7 Å². The molecule has 0 spiro atoms. The summed E-state index contributed by atoms with van der Waals surface area (Å²) in [6, 6.07) is 0. The van der Waals surface area contributed by atoms with Gasteiger partial charge in [-0.2, -0.15) is 0 Å². The van der Waals surface area contributed by atoms with Gasteiger partial charge in [-0.3, -0.25) is 4.79 Å². The van der Waals surface area contributed by atoms with Crippen LogP contribution in [0.3, 0.4) is 0 Å². The number of ether oxygens (including phenoxy) is 2. The number of hydrogen-bond donors (Lipinski definition) is 4. The zero-order valence-electron chi connectivity index (χ0n) is 11.6. The van der Waals surface area contributed by atoms with Crippen molar-refractivity contribution < 1.29 is 34.7 Å². The first-order valence-corrected chi connectivity index (χ1v) is 7.01. The predicted molar refractivity (Wildman–Crippen MR) is 68.6 cm³/mol. The van der Waals surface area contributed by atoms with Gasteiger partial charge in [0.25, 0.3) is 0 Å². The van der Waals surface area contributed by atoms with Crippen molar-refractivity contribution in [2.45, 2.75) is 69.7 Å². The fourth-order valence-corrected chi connectivity index (χ4v) is 2.05. The Bertz CT molecular complexity index is 294. The van der Waals surface area contributed by atoms with E-state index in [1.54, 1.807) is 0 Å². The Balaban J connectivity index is 2.43. The Hall–Kier alpha value is -0.730. The van der Waals surface area contributed by atoms with Gasteiger partial charge in [-0.1, -0.05) is 26.2 Å². The van der Waals surface area contributed by atoms with E-state index in [1.807, 2.05) is 0 Å². The Morgan fingerprint density at radius 2 is 1.80 bits per heavy atom. The highest BCUT2D eigenvalue weighted by Crippen LogP contribution is 2.22. The lowest BCUT2D eigenvalue weighted by molar-refractivity contribution is -0.292. The van der Waals surface area contributed by atoms with E-state index in [0.717, 1.165) is 19.3 Å². The largest absolute Gasteiger partial charge is 0.433 e. The van der Waals surface area contributed by atoms with Crippen molar-refractivity contribution in [2.75, 3.05) is 6.61 Å². The van der Waals surface area contributed by atoms with Gasteiger partial charge >= 0.3 is 5.97 Å². The van der Waals surface area contributed by atoms with Crippen molar-refractivity contribution in [3.05, 3.63) is 0 Å². The molecule has 4 N–H and O–H groups in total. The molecule has 7 nitrogen and oxygen atoms in total. The van der Waals surface area contributed by atoms with E-state index < -0.39 is 43.3 Å². The van der Waals surface area contributed by atoms with E-state index in [9.17, 15) is 20.1 Å². The molecule has 5 unspecified atom stereocenters. The molecule has 7 heteroatoms. The van der Waals surface area contributed by atoms with Crippen LogP contribution in [0.2, 0.25) is 0 Å². The maximum Gasteiger partial charge on any atom is 0.308 e. The Morgan fingerprint density at radius 3 is 2.40 bits per heavy atom. The molecule has 20 heavy (non-hydrogen) atoms. The normalized spacial score (nSPS) is 34.0. The van der Waals surface area contributed by atoms with Gasteiger partial charge in [-0.05, 0) is 6.42 Å². The molecule has 0 bridgehead atoms. The number of rotatable bonds is 7. The molecule has 0 amide bonds. The first-order valence-electron chi connectivity index (χ1n) is 7.01. The van der Waals surface area contributed by atoms with Gasteiger partial charge in [-0.25, -0.2) is 0 Å². The number of aliphatic hydroxyl groups is 4. The van der Waals surface area contributed by atoms with Crippen molar-refractivity contribution in [3.63, 3.8) is 0 Å². The lowest BCUT2D eigenvalue weighted by atomic mass is 9.99. The minimum Gasteiger partial charge on any atom is -0.433 e. The van der Waals surface area contributed by atoms with Gasteiger partial charge in [0.15, 0.2) is 0 Å². The summed E-state index contributed by atoms with van der Waals surface area (Å²) in [6.45, 7) is 1.52. The summed E-state index contributed by atoms with van der Waals surface area (Å²) in [5, 5.41) is 37.8. The van der Waals surface area contributed by atoms with Gasteiger partial charge in [0.2, 0.25) is 6.29 Å². The molecule has 1 saturated heterocycles. The third kappa shape index (κ3) is 4.68. The van der Waals surface area contributed by atoms with Crippen molar-refractivity contribution in [2.24, 2.45) is 0 Å². The van der Waals surface area contributed by atoms with Gasteiger partial charge in [0.05, 0.1) is 6.61 Å². The van der Waals surface area contributed by atoms with E-state index in [-0.39, 0.29) is 6.42 Å². The number of unbranched alkanes of at least 4 members (excludes halogenated alkanes) is 3. The smallest absolute Gasteiger partial charge is 0.308 e.